The Balaban J connectivity index is 2.00. The zero-order chi connectivity index (χ0) is 8.29. The van der Waals surface area contributed by atoms with Crippen molar-refractivity contribution in [1.29, 1.82) is 0 Å². The first-order valence-electron chi connectivity index (χ1n) is 5.11. The molecule has 3 rings (SSSR count). The van der Waals surface area contributed by atoms with Crippen molar-refractivity contribution < 1.29 is 0 Å². The van der Waals surface area contributed by atoms with E-state index in [0.29, 0.717) is 0 Å². The second-order valence-electron chi connectivity index (χ2n) is 4.88. The van der Waals surface area contributed by atoms with Gasteiger partial charge in [0.25, 0.3) is 0 Å². The second kappa shape index (κ2) is 2.04. The predicted octanol–water partition coefficient (Wildman–Crippen LogP) is 3.16. The minimum atomic E-state index is 0.928. The van der Waals surface area contributed by atoms with Gasteiger partial charge in [-0.05, 0) is 50.4 Å². The summed E-state index contributed by atoms with van der Waals surface area (Å²) in [6.07, 6.45) is 7.94. The fourth-order valence-electron chi connectivity index (χ4n) is 3.65. The normalized spacial score (nSPS) is 49.2. The summed E-state index contributed by atoms with van der Waals surface area (Å²) in [6.45, 7) is 4.62. The zero-order valence-electron chi connectivity index (χ0n) is 7.88. The third kappa shape index (κ3) is 0.688. The van der Waals surface area contributed by atoms with E-state index in [2.05, 4.69) is 26.0 Å². The third-order valence-electron chi connectivity index (χ3n) is 4.13. The maximum absolute atomic E-state index is 2.55. The van der Waals surface area contributed by atoms with Gasteiger partial charge in [0.2, 0.25) is 0 Å². The van der Waals surface area contributed by atoms with Crippen LogP contribution in [-0.2, 0) is 0 Å². The highest BCUT2D eigenvalue weighted by Crippen LogP contribution is 2.56. The molecule has 64 valence electrons. The molecular formula is C12H16. The van der Waals surface area contributed by atoms with Crippen molar-refractivity contribution in [2.45, 2.75) is 26.7 Å². The molecule has 0 amide bonds. The monoisotopic (exact) mass is 160 g/mol. The molecule has 0 nitrogen and oxygen atoms in total. The first-order chi connectivity index (χ1) is 5.75. The molecule has 0 unspecified atom stereocenters. The predicted molar refractivity (Wildman–Crippen MR) is 50.7 cm³/mol. The molecule has 4 atom stereocenters. The number of rotatable bonds is 0. The van der Waals surface area contributed by atoms with Crippen LogP contribution in [0.3, 0.4) is 0 Å². The average Bonchev–Trinajstić information content (AvgIpc) is 2.57. The van der Waals surface area contributed by atoms with Gasteiger partial charge in [0, 0.05) is 0 Å². The maximum Gasteiger partial charge on any atom is -0.0128 e. The van der Waals surface area contributed by atoms with Crippen molar-refractivity contribution >= 4 is 0 Å². The SMILES string of the molecule is CC1=C[C@H]2[C@H](C1)[C@@H]1C=C(C)[C@H]2C1. The number of allylic oxidation sites excluding steroid dienone is 4. The van der Waals surface area contributed by atoms with E-state index in [1.54, 1.807) is 11.1 Å². The van der Waals surface area contributed by atoms with Gasteiger partial charge in [-0.1, -0.05) is 23.3 Å². The van der Waals surface area contributed by atoms with Crippen LogP contribution in [0.5, 0.6) is 0 Å². The Morgan fingerprint density at radius 2 is 2.08 bits per heavy atom. The number of fused-ring (bicyclic) bond motifs is 5. The Labute approximate surface area is 74.4 Å². The van der Waals surface area contributed by atoms with Crippen LogP contribution in [-0.4, -0.2) is 0 Å². The molecule has 0 heterocycles. The highest BCUT2D eigenvalue weighted by molar-refractivity contribution is 5.29. The molecule has 12 heavy (non-hydrogen) atoms. The fraction of sp³-hybridized carbons (Fsp3) is 0.667. The lowest BCUT2D eigenvalue weighted by Crippen LogP contribution is -2.15. The largest absolute Gasteiger partial charge is 0.0819 e. The van der Waals surface area contributed by atoms with Gasteiger partial charge in [-0.15, -0.1) is 0 Å². The minimum absolute atomic E-state index is 0.928. The molecule has 0 aromatic rings. The molecule has 0 heteroatoms. The lowest BCUT2D eigenvalue weighted by Gasteiger charge is -2.22. The molecule has 0 aromatic carbocycles. The first-order valence-corrected chi connectivity index (χ1v) is 5.11. The van der Waals surface area contributed by atoms with Crippen molar-refractivity contribution in [2.75, 3.05) is 0 Å². The van der Waals surface area contributed by atoms with Crippen molar-refractivity contribution in [3.63, 3.8) is 0 Å². The highest BCUT2D eigenvalue weighted by Gasteiger charge is 2.47. The molecule has 0 N–H and O–H groups in total. The van der Waals surface area contributed by atoms with Crippen LogP contribution in [0.2, 0.25) is 0 Å². The van der Waals surface area contributed by atoms with E-state index in [-0.39, 0.29) is 0 Å². The smallest absolute Gasteiger partial charge is 0.0128 e. The molecule has 1 fully saturated rings. The van der Waals surface area contributed by atoms with Crippen molar-refractivity contribution in [1.82, 2.24) is 0 Å². The minimum Gasteiger partial charge on any atom is -0.0819 e. The Morgan fingerprint density at radius 3 is 2.92 bits per heavy atom. The third-order valence-corrected chi connectivity index (χ3v) is 4.13. The highest BCUT2D eigenvalue weighted by atomic mass is 14.5. The van der Waals surface area contributed by atoms with Gasteiger partial charge in [-0.25, -0.2) is 0 Å². The molecule has 3 aliphatic carbocycles. The van der Waals surface area contributed by atoms with Crippen LogP contribution in [0.4, 0.5) is 0 Å². The molecular weight excluding hydrogens is 144 g/mol. The Bertz CT molecular complexity index is 282. The molecule has 0 aliphatic heterocycles. The molecule has 0 saturated heterocycles. The van der Waals surface area contributed by atoms with E-state index in [1.807, 2.05) is 0 Å². The van der Waals surface area contributed by atoms with Gasteiger partial charge in [0.1, 0.15) is 0 Å². The van der Waals surface area contributed by atoms with E-state index in [9.17, 15) is 0 Å². The van der Waals surface area contributed by atoms with Gasteiger partial charge in [0.15, 0.2) is 0 Å². The van der Waals surface area contributed by atoms with Crippen molar-refractivity contribution in [3.05, 3.63) is 23.3 Å². The summed E-state index contributed by atoms with van der Waals surface area (Å²) in [6, 6.07) is 0. The summed E-state index contributed by atoms with van der Waals surface area (Å²) in [4.78, 5) is 0. The quantitative estimate of drug-likeness (QED) is 0.477. The summed E-state index contributed by atoms with van der Waals surface area (Å²) in [5.41, 5.74) is 3.31. The van der Waals surface area contributed by atoms with E-state index in [1.165, 1.54) is 12.8 Å². The lowest BCUT2D eigenvalue weighted by molar-refractivity contribution is 0.386. The van der Waals surface area contributed by atoms with Crippen LogP contribution in [0.15, 0.2) is 23.3 Å². The molecule has 2 bridgehead atoms. The van der Waals surface area contributed by atoms with Crippen molar-refractivity contribution in [3.8, 4) is 0 Å². The first kappa shape index (κ1) is 6.94. The van der Waals surface area contributed by atoms with Crippen LogP contribution in [0.1, 0.15) is 26.7 Å². The average molecular weight is 160 g/mol. The van der Waals surface area contributed by atoms with E-state index in [0.717, 1.165) is 23.7 Å². The Hall–Kier alpha value is -0.520. The summed E-state index contributed by atoms with van der Waals surface area (Å²) in [7, 11) is 0. The number of hydrogen-bond donors (Lipinski definition) is 0. The van der Waals surface area contributed by atoms with Crippen molar-refractivity contribution in [2.24, 2.45) is 23.7 Å². The van der Waals surface area contributed by atoms with Crippen LogP contribution in [0, 0.1) is 23.7 Å². The zero-order valence-corrected chi connectivity index (χ0v) is 7.88. The number of hydrogen-bond acceptors (Lipinski definition) is 0. The topological polar surface area (TPSA) is 0 Å². The van der Waals surface area contributed by atoms with E-state index in [4.69, 9.17) is 0 Å². The second-order valence-corrected chi connectivity index (χ2v) is 4.88. The van der Waals surface area contributed by atoms with E-state index >= 15 is 0 Å². The molecule has 3 aliphatic rings. The van der Waals surface area contributed by atoms with E-state index < -0.39 is 0 Å². The van der Waals surface area contributed by atoms with Gasteiger partial charge >= 0.3 is 0 Å². The summed E-state index contributed by atoms with van der Waals surface area (Å²) < 4.78 is 0. The summed E-state index contributed by atoms with van der Waals surface area (Å²) >= 11 is 0. The lowest BCUT2D eigenvalue weighted by atomic mass is 9.82. The molecule has 1 saturated carbocycles. The summed E-state index contributed by atoms with van der Waals surface area (Å²) in [5, 5.41) is 0. The standard InChI is InChI=1S/C12H16/c1-7-3-11-9-5-8(2)10(6-9)12(11)4-7/h4-5,9-12H,3,6H2,1-2H3/t9-,10-,11-,12-/m1/s1. The van der Waals surface area contributed by atoms with Crippen LogP contribution in [0.25, 0.3) is 0 Å². The fourth-order valence-corrected chi connectivity index (χ4v) is 3.65. The van der Waals surface area contributed by atoms with Gasteiger partial charge in [-0.2, -0.15) is 0 Å². The van der Waals surface area contributed by atoms with Crippen LogP contribution < -0.4 is 0 Å². The Kier molecular flexibility index (Phi) is 1.18. The van der Waals surface area contributed by atoms with Crippen LogP contribution >= 0.6 is 0 Å². The molecule has 0 radical (unpaired) electrons. The Morgan fingerprint density at radius 1 is 1.25 bits per heavy atom. The van der Waals surface area contributed by atoms with Gasteiger partial charge < -0.3 is 0 Å². The van der Waals surface area contributed by atoms with Gasteiger partial charge in [0.05, 0.1) is 0 Å². The summed E-state index contributed by atoms with van der Waals surface area (Å²) in [5.74, 6) is 3.80. The maximum atomic E-state index is 2.55. The van der Waals surface area contributed by atoms with Gasteiger partial charge in [-0.3, -0.25) is 0 Å². The molecule has 0 aromatic heterocycles. The molecule has 0 spiro atoms.